The van der Waals surface area contributed by atoms with Crippen molar-refractivity contribution in [2.24, 2.45) is 5.92 Å². The third-order valence-electron chi connectivity index (χ3n) is 4.36. The highest BCUT2D eigenvalue weighted by Crippen LogP contribution is 2.39. The molecule has 0 aromatic heterocycles. The van der Waals surface area contributed by atoms with Crippen LogP contribution in [0.3, 0.4) is 0 Å². The van der Waals surface area contributed by atoms with Crippen LogP contribution in [0.4, 0.5) is 13.2 Å². The average Bonchev–Trinajstić information content (AvgIpc) is 3.11. The van der Waals surface area contributed by atoms with Gasteiger partial charge in [-0.1, -0.05) is 43.3 Å². The van der Waals surface area contributed by atoms with E-state index >= 15 is 0 Å². The molecule has 1 aliphatic rings. The number of halogens is 3. The van der Waals surface area contributed by atoms with E-state index < -0.39 is 12.0 Å². The van der Waals surface area contributed by atoms with Crippen molar-refractivity contribution < 1.29 is 22.7 Å². The molecule has 2 nitrogen and oxygen atoms in total. The van der Waals surface area contributed by atoms with Gasteiger partial charge in [0.05, 0.1) is 11.7 Å². The number of allylic oxidation sites excluding steroid dienone is 1. The summed E-state index contributed by atoms with van der Waals surface area (Å²) in [6.45, 7) is 6.36. The van der Waals surface area contributed by atoms with Crippen molar-refractivity contribution in [2.45, 2.75) is 57.9 Å². The van der Waals surface area contributed by atoms with Crippen LogP contribution in [-0.4, -0.2) is 23.7 Å². The highest BCUT2D eigenvalue weighted by atomic mass is 19.4. The molecule has 0 radical (unpaired) electrons. The Hall–Kier alpha value is -1.62. The molecule has 2 unspecified atom stereocenters. The number of carbonyl (C=O) groups is 1. The number of hydrogen-bond acceptors (Lipinski definition) is 2. The Morgan fingerprint density at radius 3 is 2.38 bits per heavy atom. The number of ether oxygens (including phenoxy) is 1. The van der Waals surface area contributed by atoms with E-state index in [0.29, 0.717) is 12.0 Å². The first-order chi connectivity index (χ1) is 11.1. The van der Waals surface area contributed by atoms with Crippen LogP contribution >= 0.6 is 0 Å². The van der Waals surface area contributed by atoms with Gasteiger partial charge in [0.15, 0.2) is 0 Å². The first-order valence-corrected chi connectivity index (χ1v) is 8.15. The van der Waals surface area contributed by atoms with E-state index in [1.165, 1.54) is 24.3 Å². The van der Waals surface area contributed by atoms with Gasteiger partial charge in [-0.25, -0.2) is 0 Å². The Balaban J connectivity index is 1.78. The van der Waals surface area contributed by atoms with Crippen molar-refractivity contribution in [3.63, 3.8) is 0 Å². The molecule has 1 aromatic carbocycles. The third kappa shape index (κ3) is 5.20. The molecule has 1 aromatic rings. The first kappa shape index (κ1) is 18.7. The van der Waals surface area contributed by atoms with Gasteiger partial charge in [0.1, 0.15) is 0 Å². The zero-order valence-corrected chi connectivity index (χ0v) is 14.2. The van der Waals surface area contributed by atoms with Gasteiger partial charge in [-0.2, -0.15) is 13.2 Å². The Bertz CT molecular complexity index is 600. The summed E-state index contributed by atoms with van der Waals surface area (Å²) in [5, 5.41) is 0. The molecule has 1 fully saturated rings. The fraction of sp³-hybridized carbons (Fsp3) is 0.526. The van der Waals surface area contributed by atoms with E-state index in [2.05, 4.69) is 20.8 Å². The van der Waals surface area contributed by atoms with Crippen molar-refractivity contribution >= 4 is 11.9 Å². The number of epoxide rings is 1. The van der Waals surface area contributed by atoms with Crippen LogP contribution in [-0.2, 0) is 4.74 Å². The lowest BCUT2D eigenvalue weighted by atomic mass is 9.97. The number of Topliss-reactive ketones (excluding diaryl/α,β-unsaturated/α-hetero) is 1. The number of rotatable bonds is 7. The molecule has 5 heteroatoms. The molecule has 2 rings (SSSR count). The molecule has 0 amide bonds. The summed E-state index contributed by atoms with van der Waals surface area (Å²) in [6, 6.07) is 5.48. The van der Waals surface area contributed by atoms with Crippen LogP contribution in [0.1, 0.15) is 56.0 Å². The lowest BCUT2D eigenvalue weighted by Gasteiger charge is -2.07. The monoisotopic (exact) mass is 340 g/mol. The number of alkyl halides is 3. The third-order valence-corrected chi connectivity index (χ3v) is 4.36. The standard InChI is InChI=1S/C19H23F3O2/c1-13(7-12-16-18(2,3)24-16)5-4-6-14-8-10-15(11-9-14)17(23)19(20,21)22/h4,6,8-11,13,16H,5,7,12H2,1-3H3/b6-4-. The Morgan fingerprint density at radius 1 is 1.29 bits per heavy atom. The van der Waals surface area contributed by atoms with Gasteiger partial charge < -0.3 is 4.74 Å². The van der Waals surface area contributed by atoms with Crippen molar-refractivity contribution in [2.75, 3.05) is 0 Å². The van der Waals surface area contributed by atoms with E-state index in [9.17, 15) is 18.0 Å². The van der Waals surface area contributed by atoms with E-state index in [1.54, 1.807) is 0 Å². The predicted octanol–water partition coefficient (Wildman–Crippen LogP) is 5.43. The van der Waals surface area contributed by atoms with Gasteiger partial charge in [0.25, 0.3) is 5.78 Å². The van der Waals surface area contributed by atoms with Gasteiger partial charge in [0.2, 0.25) is 0 Å². The summed E-state index contributed by atoms with van der Waals surface area (Å²) in [6.07, 6.45) is 2.46. The maximum Gasteiger partial charge on any atom is 0.454 e. The van der Waals surface area contributed by atoms with Crippen molar-refractivity contribution in [1.29, 1.82) is 0 Å². The van der Waals surface area contributed by atoms with E-state index in [0.717, 1.165) is 24.8 Å². The van der Waals surface area contributed by atoms with Crippen molar-refractivity contribution in [3.8, 4) is 0 Å². The van der Waals surface area contributed by atoms with Crippen LogP contribution in [0.5, 0.6) is 0 Å². The molecule has 0 N–H and O–H groups in total. The molecule has 0 bridgehead atoms. The Kier molecular flexibility index (Phi) is 5.53. The zero-order valence-electron chi connectivity index (χ0n) is 14.2. The summed E-state index contributed by atoms with van der Waals surface area (Å²) in [7, 11) is 0. The lowest BCUT2D eigenvalue weighted by molar-refractivity contribution is -0.0885. The number of hydrogen-bond donors (Lipinski definition) is 0. The number of ketones is 1. The zero-order chi connectivity index (χ0) is 18.0. The second-order valence-corrected chi connectivity index (χ2v) is 6.98. The van der Waals surface area contributed by atoms with Crippen LogP contribution in [0.2, 0.25) is 0 Å². The van der Waals surface area contributed by atoms with Gasteiger partial charge in [-0.3, -0.25) is 4.79 Å². The minimum atomic E-state index is -4.83. The van der Waals surface area contributed by atoms with Crippen LogP contribution in [0, 0.1) is 5.92 Å². The van der Waals surface area contributed by atoms with Gasteiger partial charge >= 0.3 is 6.18 Å². The van der Waals surface area contributed by atoms with Gasteiger partial charge in [0, 0.05) is 5.56 Å². The minimum absolute atomic E-state index is 0.0329. The number of carbonyl (C=O) groups excluding carboxylic acids is 1. The highest BCUT2D eigenvalue weighted by Gasteiger charge is 2.46. The van der Waals surface area contributed by atoms with Crippen LogP contribution < -0.4 is 0 Å². The minimum Gasteiger partial charge on any atom is -0.367 e. The maximum atomic E-state index is 12.3. The topological polar surface area (TPSA) is 29.6 Å². The lowest BCUT2D eigenvalue weighted by Crippen LogP contribution is -2.22. The second-order valence-electron chi connectivity index (χ2n) is 6.98. The largest absolute Gasteiger partial charge is 0.454 e. The molecule has 1 aliphatic heterocycles. The van der Waals surface area contributed by atoms with Gasteiger partial charge in [-0.05, 0) is 44.6 Å². The normalized spacial score (nSPS) is 21.0. The van der Waals surface area contributed by atoms with E-state index in [4.69, 9.17) is 4.74 Å². The highest BCUT2D eigenvalue weighted by molar-refractivity contribution is 6.00. The molecule has 1 saturated heterocycles. The molecular formula is C19H23F3O2. The van der Waals surface area contributed by atoms with E-state index in [1.807, 2.05) is 12.2 Å². The summed E-state index contributed by atoms with van der Waals surface area (Å²) >= 11 is 0. The maximum absolute atomic E-state index is 12.3. The summed E-state index contributed by atoms with van der Waals surface area (Å²) in [5.41, 5.74) is 0.484. The van der Waals surface area contributed by atoms with Crippen LogP contribution in [0.15, 0.2) is 30.3 Å². The molecule has 1 heterocycles. The smallest absolute Gasteiger partial charge is 0.367 e. The van der Waals surface area contributed by atoms with E-state index in [-0.39, 0.29) is 11.2 Å². The summed E-state index contributed by atoms with van der Waals surface area (Å²) in [4.78, 5) is 11.1. The molecule has 0 spiro atoms. The molecule has 132 valence electrons. The predicted molar refractivity (Wildman–Crippen MR) is 87.8 cm³/mol. The fourth-order valence-corrected chi connectivity index (χ4v) is 2.64. The quantitative estimate of drug-likeness (QED) is 0.489. The SMILES string of the molecule is CC(C/C=C\c1ccc(C(=O)C(F)(F)F)cc1)CCC1OC1(C)C. The van der Waals surface area contributed by atoms with Crippen LogP contribution in [0.25, 0.3) is 6.08 Å². The average molecular weight is 340 g/mol. The first-order valence-electron chi connectivity index (χ1n) is 8.15. The molecule has 24 heavy (non-hydrogen) atoms. The molecular weight excluding hydrogens is 317 g/mol. The van der Waals surface area contributed by atoms with Gasteiger partial charge in [-0.15, -0.1) is 0 Å². The van der Waals surface area contributed by atoms with Crippen molar-refractivity contribution in [1.82, 2.24) is 0 Å². The Labute approximate surface area is 140 Å². The summed E-state index contributed by atoms with van der Waals surface area (Å²) < 4.78 is 42.6. The summed E-state index contributed by atoms with van der Waals surface area (Å²) in [5.74, 6) is -1.29. The molecule has 2 atom stereocenters. The number of benzene rings is 1. The van der Waals surface area contributed by atoms with Crippen molar-refractivity contribution in [3.05, 3.63) is 41.5 Å². The molecule has 0 aliphatic carbocycles. The Morgan fingerprint density at radius 2 is 1.88 bits per heavy atom. The fourth-order valence-electron chi connectivity index (χ4n) is 2.64. The molecule has 0 saturated carbocycles. The second kappa shape index (κ2) is 7.09.